The fourth-order valence-electron chi connectivity index (χ4n) is 2.51. The van der Waals surface area contributed by atoms with E-state index in [1.807, 2.05) is 43.3 Å². The predicted molar refractivity (Wildman–Crippen MR) is 106 cm³/mol. The summed E-state index contributed by atoms with van der Waals surface area (Å²) in [6.45, 7) is 2.77. The Bertz CT molecular complexity index is 914. The van der Waals surface area contributed by atoms with Gasteiger partial charge in [-0.05, 0) is 60.5 Å². The number of hydrogen-bond donors (Lipinski definition) is 1. The Morgan fingerprint density at radius 1 is 1.00 bits per heavy atom. The van der Waals surface area contributed by atoms with Crippen LogP contribution in [0.2, 0.25) is 10.0 Å². The highest BCUT2D eigenvalue weighted by atomic mass is 35.5. The molecule has 0 spiro atoms. The van der Waals surface area contributed by atoms with Crippen LogP contribution in [0.5, 0.6) is 5.75 Å². The van der Waals surface area contributed by atoms with Gasteiger partial charge in [-0.3, -0.25) is 0 Å². The number of ether oxygens (including phenoxy) is 1. The summed E-state index contributed by atoms with van der Waals surface area (Å²) in [5.74, 6) is 0.421. The van der Waals surface area contributed by atoms with Gasteiger partial charge in [-0.1, -0.05) is 41.4 Å². The van der Waals surface area contributed by atoms with Crippen molar-refractivity contribution in [1.29, 1.82) is 0 Å². The van der Waals surface area contributed by atoms with Crippen molar-refractivity contribution in [3.05, 3.63) is 93.2 Å². The second kappa shape index (κ2) is 8.43. The molecule has 3 aromatic rings. The summed E-state index contributed by atoms with van der Waals surface area (Å²) >= 11 is 12.3. The molecule has 134 valence electrons. The molecule has 0 saturated heterocycles. The summed E-state index contributed by atoms with van der Waals surface area (Å²) < 4.78 is 19.2. The van der Waals surface area contributed by atoms with Crippen molar-refractivity contribution >= 4 is 28.9 Å². The third-order valence-corrected chi connectivity index (χ3v) is 4.60. The van der Waals surface area contributed by atoms with Crippen molar-refractivity contribution in [1.82, 2.24) is 0 Å². The zero-order valence-electron chi connectivity index (χ0n) is 14.2. The Kier molecular flexibility index (Phi) is 6.02. The van der Waals surface area contributed by atoms with E-state index < -0.39 is 0 Å². The molecule has 0 radical (unpaired) electrons. The first-order chi connectivity index (χ1) is 12.5. The summed E-state index contributed by atoms with van der Waals surface area (Å²) in [6, 6.07) is 17.6. The molecule has 0 atom stereocenters. The van der Waals surface area contributed by atoms with Gasteiger partial charge in [0.05, 0.1) is 0 Å². The van der Waals surface area contributed by atoms with Crippen LogP contribution in [0.4, 0.5) is 10.1 Å². The molecule has 0 heterocycles. The largest absolute Gasteiger partial charge is 0.489 e. The number of anilines is 1. The number of halogens is 3. The highest BCUT2D eigenvalue weighted by molar-refractivity contribution is 6.31. The molecule has 0 bridgehead atoms. The van der Waals surface area contributed by atoms with Gasteiger partial charge in [-0.25, -0.2) is 4.39 Å². The fraction of sp³-hybridized carbons (Fsp3) is 0.143. The fourth-order valence-corrected chi connectivity index (χ4v) is 2.89. The van der Waals surface area contributed by atoms with Gasteiger partial charge in [0.1, 0.15) is 18.2 Å². The molecule has 0 aliphatic carbocycles. The SMILES string of the molecule is Cc1ccc(NCc2cc(Cl)ccc2OCc2cccc(F)c2)cc1Cl. The Hall–Kier alpha value is -2.23. The smallest absolute Gasteiger partial charge is 0.124 e. The average Bonchev–Trinajstić information content (AvgIpc) is 2.62. The number of nitrogens with one attached hydrogen (secondary N) is 1. The maximum Gasteiger partial charge on any atom is 0.124 e. The first-order valence-corrected chi connectivity index (χ1v) is 8.92. The first-order valence-electron chi connectivity index (χ1n) is 8.17. The molecule has 5 heteroatoms. The Labute approximate surface area is 162 Å². The lowest BCUT2D eigenvalue weighted by Gasteiger charge is -2.14. The molecule has 26 heavy (non-hydrogen) atoms. The van der Waals surface area contributed by atoms with Crippen LogP contribution in [0.3, 0.4) is 0 Å². The van der Waals surface area contributed by atoms with E-state index in [1.165, 1.54) is 12.1 Å². The van der Waals surface area contributed by atoms with Crippen LogP contribution in [0.15, 0.2) is 60.7 Å². The second-order valence-corrected chi connectivity index (χ2v) is 6.83. The topological polar surface area (TPSA) is 21.3 Å². The lowest BCUT2D eigenvalue weighted by Crippen LogP contribution is -2.04. The number of hydrogen-bond acceptors (Lipinski definition) is 2. The molecule has 3 rings (SSSR count). The second-order valence-electron chi connectivity index (χ2n) is 5.99. The molecule has 0 fully saturated rings. The lowest BCUT2D eigenvalue weighted by atomic mass is 10.1. The van der Waals surface area contributed by atoms with Crippen molar-refractivity contribution in [3.8, 4) is 5.75 Å². The van der Waals surface area contributed by atoms with E-state index >= 15 is 0 Å². The van der Waals surface area contributed by atoms with Crippen molar-refractivity contribution in [3.63, 3.8) is 0 Å². The number of benzene rings is 3. The molecule has 0 aliphatic rings. The van der Waals surface area contributed by atoms with Gasteiger partial charge in [0, 0.05) is 27.8 Å². The highest BCUT2D eigenvalue weighted by Gasteiger charge is 2.07. The maximum absolute atomic E-state index is 13.3. The molecular formula is C21H18Cl2FNO. The third-order valence-electron chi connectivity index (χ3n) is 3.96. The summed E-state index contributed by atoms with van der Waals surface area (Å²) in [6.07, 6.45) is 0. The lowest BCUT2D eigenvalue weighted by molar-refractivity contribution is 0.302. The summed E-state index contributed by atoms with van der Waals surface area (Å²) in [5, 5.41) is 4.66. The van der Waals surface area contributed by atoms with Crippen LogP contribution < -0.4 is 10.1 Å². The highest BCUT2D eigenvalue weighted by Crippen LogP contribution is 2.26. The van der Waals surface area contributed by atoms with Crippen molar-refractivity contribution in [2.24, 2.45) is 0 Å². The van der Waals surface area contributed by atoms with E-state index in [4.69, 9.17) is 27.9 Å². The van der Waals surface area contributed by atoms with E-state index in [2.05, 4.69) is 5.32 Å². The van der Waals surface area contributed by atoms with Crippen molar-refractivity contribution < 1.29 is 9.13 Å². The predicted octanol–water partition coefficient (Wildman–Crippen LogP) is 6.63. The quantitative estimate of drug-likeness (QED) is 0.510. The Balaban J connectivity index is 1.71. The van der Waals surface area contributed by atoms with Crippen molar-refractivity contribution in [2.45, 2.75) is 20.1 Å². The molecular weight excluding hydrogens is 372 g/mol. The minimum atomic E-state index is -0.277. The van der Waals surface area contributed by atoms with Crippen LogP contribution in [0.1, 0.15) is 16.7 Å². The monoisotopic (exact) mass is 389 g/mol. The van der Waals surface area contributed by atoms with Crippen molar-refractivity contribution in [2.75, 3.05) is 5.32 Å². The first kappa shape index (κ1) is 18.6. The summed E-state index contributed by atoms with van der Waals surface area (Å²) in [4.78, 5) is 0. The van der Waals surface area contributed by atoms with Crippen LogP contribution in [0.25, 0.3) is 0 Å². The number of rotatable bonds is 6. The Morgan fingerprint density at radius 3 is 2.62 bits per heavy atom. The average molecular weight is 390 g/mol. The van der Waals surface area contributed by atoms with Gasteiger partial charge in [0.2, 0.25) is 0 Å². The maximum atomic E-state index is 13.3. The zero-order chi connectivity index (χ0) is 18.5. The standard InChI is InChI=1S/C21H18Cl2FNO/c1-14-5-7-19(11-20(14)23)25-12-16-10-17(22)6-8-21(16)26-13-15-3-2-4-18(24)9-15/h2-11,25H,12-13H2,1H3. The molecule has 0 saturated carbocycles. The van der Waals surface area contributed by atoms with E-state index in [-0.39, 0.29) is 12.4 Å². The van der Waals surface area contributed by atoms with E-state index in [0.29, 0.717) is 22.3 Å². The van der Waals surface area contributed by atoms with Crippen LogP contribution in [0, 0.1) is 12.7 Å². The normalized spacial score (nSPS) is 10.6. The van der Waals surface area contributed by atoms with Gasteiger partial charge in [-0.15, -0.1) is 0 Å². The van der Waals surface area contributed by atoms with Gasteiger partial charge in [0.15, 0.2) is 0 Å². The van der Waals surface area contributed by atoms with Crippen LogP contribution >= 0.6 is 23.2 Å². The molecule has 3 aromatic carbocycles. The van der Waals surface area contributed by atoms with E-state index in [9.17, 15) is 4.39 Å². The minimum absolute atomic E-state index is 0.277. The molecule has 0 aliphatic heterocycles. The molecule has 1 N–H and O–H groups in total. The molecule has 0 aromatic heterocycles. The zero-order valence-corrected chi connectivity index (χ0v) is 15.7. The van der Waals surface area contributed by atoms with E-state index in [0.717, 1.165) is 22.4 Å². The molecule has 0 amide bonds. The van der Waals surface area contributed by atoms with Crippen LogP contribution in [-0.4, -0.2) is 0 Å². The summed E-state index contributed by atoms with van der Waals surface area (Å²) in [5.41, 5.74) is 3.62. The Morgan fingerprint density at radius 2 is 1.85 bits per heavy atom. The van der Waals surface area contributed by atoms with Crippen LogP contribution in [-0.2, 0) is 13.2 Å². The summed E-state index contributed by atoms with van der Waals surface area (Å²) in [7, 11) is 0. The molecule has 0 unspecified atom stereocenters. The van der Waals surface area contributed by atoms with Gasteiger partial charge < -0.3 is 10.1 Å². The van der Waals surface area contributed by atoms with E-state index in [1.54, 1.807) is 12.1 Å². The number of aryl methyl sites for hydroxylation is 1. The van der Waals surface area contributed by atoms with Gasteiger partial charge in [0.25, 0.3) is 0 Å². The molecule has 2 nitrogen and oxygen atoms in total. The third kappa shape index (κ3) is 4.90. The van der Waals surface area contributed by atoms with Gasteiger partial charge >= 0.3 is 0 Å². The van der Waals surface area contributed by atoms with Gasteiger partial charge in [-0.2, -0.15) is 0 Å². The minimum Gasteiger partial charge on any atom is -0.489 e.